The predicted octanol–water partition coefficient (Wildman–Crippen LogP) is 3.41. The van der Waals surface area contributed by atoms with Crippen LogP contribution in [0.1, 0.15) is 32.6 Å². The first kappa shape index (κ1) is 8.95. The average Bonchev–Trinajstić information content (AvgIpc) is 2.09. The molecule has 0 aromatic heterocycles. The minimum absolute atomic E-state index is 0.418. The summed E-state index contributed by atoms with van der Waals surface area (Å²) >= 11 is 0. The normalized spacial score (nSPS) is 24.0. The summed E-state index contributed by atoms with van der Waals surface area (Å²) in [6.07, 6.45) is 2.93. The molecule has 1 rings (SSSR count). The van der Waals surface area contributed by atoms with Gasteiger partial charge in [0, 0.05) is 0 Å². The molecule has 1 fully saturated rings. The highest BCUT2D eigenvalue weighted by Crippen LogP contribution is 2.44. The fraction of sp³-hybridized carbons (Fsp3) is 1.00. The van der Waals surface area contributed by atoms with Gasteiger partial charge >= 0.3 is 6.98 Å². The molecule has 0 aromatic rings. The van der Waals surface area contributed by atoms with Gasteiger partial charge in [-0.05, 0) is 0 Å². The lowest BCUT2D eigenvalue weighted by Gasteiger charge is -2.29. The summed E-state index contributed by atoms with van der Waals surface area (Å²) in [4.78, 5) is 0. The van der Waals surface area contributed by atoms with E-state index in [4.69, 9.17) is 0 Å². The third-order valence-corrected chi connectivity index (χ3v) is 2.53. The molecule has 0 aliphatic heterocycles. The molecule has 1 aliphatic carbocycles. The van der Waals surface area contributed by atoms with Crippen molar-refractivity contribution in [3.63, 3.8) is 0 Å². The van der Waals surface area contributed by atoms with Crippen molar-refractivity contribution in [2.75, 3.05) is 0 Å². The standard InChI is InChI=1S/C7H13BF3/c1-7(4-2-3-5-7)6-8(9,10)11/h2-6H2,1H3/q-1. The van der Waals surface area contributed by atoms with Crippen LogP contribution in [0.3, 0.4) is 0 Å². The van der Waals surface area contributed by atoms with Crippen molar-refractivity contribution in [1.82, 2.24) is 0 Å². The second-order valence-corrected chi connectivity index (χ2v) is 3.93. The van der Waals surface area contributed by atoms with Gasteiger partial charge in [0.2, 0.25) is 0 Å². The van der Waals surface area contributed by atoms with Crippen molar-refractivity contribution >= 4 is 6.98 Å². The molecule has 0 atom stereocenters. The third kappa shape index (κ3) is 2.76. The van der Waals surface area contributed by atoms with Gasteiger partial charge < -0.3 is 12.9 Å². The van der Waals surface area contributed by atoms with E-state index in [9.17, 15) is 12.9 Å². The predicted molar refractivity (Wildman–Crippen MR) is 40.5 cm³/mol. The second kappa shape index (κ2) is 2.72. The van der Waals surface area contributed by atoms with E-state index in [0.29, 0.717) is 0 Å². The molecule has 0 saturated heterocycles. The zero-order valence-corrected chi connectivity index (χ0v) is 6.75. The Bertz CT molecular complexity index is 135. The summed E-state index contributed by atoms with van der Waals surface area (Å²) in [6.45, 7) is -2.81. The Kier molecular flexibility index (Phi) is 2.21. The van der Waals surface area contributed by atoms with E-state index < -0.39 is 18.7 Å². The molecule has 0 amide bonds. The summed E-state index contributed by atoms with van der Waals surface area (Å²) in [5, 5.41) is 0. The fourth-order valence-corrected chi connectivity index (χ4v) is 1.99. The van der Waals surface area contributed by atoms with E-state index >= 15 is 0 Å². The monoisotopic (exact) mass is 165 g/mol. The molecule has 0 heterocycles. The molecule has 1 aliphatic rings. The SMILES string of the molecule is CC1(C[B-](F)(F)F)CCCC1. The van der Waals surface area contributed by atoms with Crippen LogP contribution in [0.2, 0.25) is 6.32 Å². The zero-order chi connectivity index (χ0) is 8.54. The Morgan fingerprint density at radius 2 is 1.64 bits per heavy atom. The number of rotatable bonds is 2. The largest absolute Gasteiger partial charge is 0.478 e. The van der Waals surface area contributed by atoms with Crippen LogP contribution in [-0.4, -0.2) is 6.98 Å². The van der Waals surface area contributed by atoms with E-state index in [2.05, 4.69) is 0 Å². The van der Waals surface area contributed by atoms with E-state index in [-0.39, 0.29) is 0 Å². The maximum atomic E-state index is 12.0. The topological polar surface area (TPSA) is 0 Å². The van der Waals surface area contributed by atoms with Gasteiger partial charge in [-0.3, -0.25) is 0 Å². The third-order valence-electron chi connectivity index (χ3n) is 2.53. The zero-order valence-electron chi connectivity index (χ0n) is 6.75. The molecule has 0 nitrogen and oxygen atoms in total. The first-order valence-electron chi connectivity index (χ1n) is 4.12. The highest BCUT2D eigenvalue weighted by Gasteiger charge is 2.37. The maximum Gasteiger partial charge on any atom is 0.478 e. The fourth-order valence-electron chi connectivity index (χ4n) is 1.99. The molecular weight excluding hydrogens is 152 g/mol. The van der Waals surface area contributed by atoms with Gasteiger partial charge in [0.15, 0.2) is 0 Å². The molecule has 0 N–H and O–H groups in total. The molecular formula is C7H13BF3-. The van der Waals surface area contributed by atoms with Gasteiger partial charge in [0.05, 0.1) is 0 Å². The summed E-state index contributed by atoms with van der Waals surface area (Å²) in [5.74, 6) is 0. The molecule has 0 aromatic carbocycles. The number of hydrogen-bond acceptors (Lipinski definition) is 0. The molecule has 11 heavy (non-hydrogen) atoms. The Morgan fingerprint density at radius 3 is 2.00 bits per heavy atom. The van der Waals surface area contributed by atoms with Crippen molar-refractivity contribution in [2.45, 2.75) is 38.9 Å². The molecule has 0 bridgehead atoms. The van der Waals surface area contributed by atoms with Gasteiger partial charge in [-0.1, -0.05) is 44.3 Å². The Labute approximate surface area is 65.2 Å². The van der Waals surface area contributed by atoms with Crippen LogP contribution in [0.15, 0.2) is 0 Å². The Morgan fingerprint density at radius 1 is 1.18 bits per heavy atom. The van der Waals surface area contributed by atoms with Crippen molar-refractivity contribution < 1.29 is 12.9 Å². The first-order valence-corrected chi connectivity index (χ1v) is 4.12. The maximum absolute atomic E-state index is 12.0. The highest BCUT2D eigenvalue weighted by molar-refractivity contribution is 6.58. The van der Waals surface area contributed by atoms with E-state index in [0.717, 1.165) is 25.7 Å². The quantitative estimate of drug-likeness (QED) is 0.550. The Balaban J connectivity index is 2.46. The summed E-state index contributed by atoms with van der Waals surface area (Å²) in [7, 11) is 0. The van der Waals surface area contributed by atoms with Gasteiger partial charge in [-0.15, -0.1) is 0 Å². The molecule has 0 unspecified atom stereocenters. The number of hydrogen-bond donors (Lipinski definition) is 0. The molecule has 0 spiro atoms. The molecule has 66 valence electrons. The minimum Gasteiger partial charge on any atom is -0.449 e. The van der Waals surface area contributed by atoms with Crippen LogP contribution in [0.5, 0.6) is 0 Å². The summed E-state index contributed by atoms with van der Waals surface area (Å²) < 4.78 is 36.0. The van der Waals surface area contributed by atoms with Gasteiger partial charge in [0.1, 0.15) is 0 Å². The minimum atomic E-state index is -4.57. The van der Waals surface area contributed by atoms with Crippen molar-refractivity contribution in [1.29, 1.82) is 0 Å². The van der Waals surface area contributed by atoms with Crippen LogP contribution in [-0.2, 0) is 0 Å². The van der Waals surface area contributed by atoms with E-state index in [1.54, 1.807) is 6.92 Å². The van der Waals surface area contributed by atoms with Crippen LogP contribution in [0.4, 0.5) is 12.9 Å². The van der Waals surface area contributed by atoms with Gasteiger partial charge in [0.25, 0.3) is 0 Å². The smallest absolute Gasteiger partial charge is 0.449 e. The van der Waals surface area contributed by atoms with Crippen LogP contribution < -0.4 is 0 Å². The van der Waals surface area contributed by atoms with E-state index in [1.807, 2.05) is 0 Å². The molecule has 1 saturated carbocycles. The lowest BCUT2D eigenvalue weighted by Crippen LogP contribution is -2.25. The lowest BCUT2D eigenvalue weighted by atomic mass is 9.68. The molecule has 4 heteroatoms. The van der Waals surface area contributed by atoms with Crippen LogP contribution in [0, 0.1) is 5.41 Å². The Hall–Kier alpha value is -0.145. The lowest BCUT2D eigenvalue weighted by molar-refractivity contribution is 0.328. The van der Waals surface area contributed by atoms with Crippen molar-refractivity contribution in [3.05, 3.63) is 0 Å². The van der Waals surface area contributed by atoms with E-state index in [1.165, 1.54) is 0 Å². The average molecular weight is 165 g/mol. The van der Waals surface area contributed by atoms with Crippen LogP contribution >= 0.6 is 0 Å². The van der Waals surface area contributed by atoms with Crippen molar-refractivity contribution in [2.24, 2.45) is 5.41 Å². The number of halogens is 3. The van der Waals surface area contributed by atoms with Crippen LogP contribution in [0.25, 0.3) is 0 Å². The van der Waals surface area contributed by atoms with Gasteiger partial charge in [-0.2, -0.15) is 0 Å². The summed E-state index contributed by atoms with van der Waals surface area (Å²) in [6, 6.07) is 0. The molecule has 0 radical (unpaired) electrons. The summed E-state index contributed by atoms with van der Waals surface area (Å²) in [5.41, 5.74) is -0.418. The highest BCUT2D eigenvalue weighted by atomic mass is 19.4. The second-order valence-electron chi connectivity index (χ2n) is 3.93. The van der Waals surface area contributed by atoms with Gasteiger partial charge in [-0.25, -0.2) is 0 Å². The first-order chi connectivity index (χ1) is 4.91. The van der Waals surface area contributed by atoms with Crippen molar-refractivity contribution in [3.8, 4) is 0 Å².